The Morgan fingerprint density at radius 1 is 1.06 bits per heavy atom. The molecule has 2 rings (SSSR count). The Hall–Kier alpha value is -1.75. The van der Waals surface area contributed by atoms with Gasteiger partial charge in [-0.3, -0.25) is 4.98 Å². The number of halogens is 1. The van der Waals surface area contributed by atoms with Gasteiger partial charge in [0, 0.05) is 31.0 Å². The lowest BCUT2D eigenvalue weighted by molar-refractivity contribution is 0.813. The van der Waals surface area contributed by atoms with Gasteiger partial charge >= 0.3 is 0 Å². The maximum Gasteiger partial charge on any atom is 0.230 e. The highest BCUT2D eigenvalue weighted by Gasteiger charge is 2.11. The molecule has 0 saturated carbocycles. The van der Waals surface area contributed by atoms with E-state index in [-0.39, 0.29) is 5.28 Å². The van der Waals surface area contributed by atoms with Crippen molar-refractivity contribution < 1.29 is 0 Å². The first-order valence-corrected chi connectivity index (χ1v) is 6.19. The van der Waals surface area contributed by atoms with E-state index in [1.165, 1.54) is 0 Å². The Morgan fingerprint density at radius 2 is 1.72 bits per heavy atom. The SMILES string of the molecule is CCN(CC)c1nc(Cl)nc(-c2ccncc2)n1. The zero-order chi connectivity index (χ0) is 13.0. The first kappa shape index (κ1) is 12.7. The first-order chi connectivity index (χ1) is 8.74. The van der Waals surface area contributed by atoms with Gasteiger partial charge in [-0.2, -0.15) is 15.0 Å². The summed E-state index contributed by atoms with van der Waals surface area (Å²) in [5.74, 6) is 1.17. The standard InChI is InChI=1S/C12H14ClN5/c1-3-18(4-2)12-16-10(15-11(13)17-12)9-5-7-14-8-6-9/h5-8H,3-4H2,1-2H3. The smallest absolute Gasteiger partial charge is 0.230 e. The van der Waals surface area contributed by atoms with Gasteiger partial charge in [-0.15, -0.1) is 0 Å². The zero-order valence-corrected chi connectivity index (χ0v) is 11.1. The molecule has 0 unspecified atom stereocenters. The largest absolute Gasteiger partial charge is 0.341 e. The second-order valence-corrected chi connectivity index (χ2v) is 3.97. The van der Waals surface area contributed by atoms with Crippen molar-refractivity contribution in [2.75, 3.05) is 18.0 Å². The molecule has 2 heterocycles. The van der Waals surface area contributed by atoms with E-state index < -0.39 is 0 Å². The predicted octanol–water partition coefficient (Wildman–Crippen LogP) is 2.43. The third-order valence-electron chi connectivity index (χ3n) is 2.58. The number of rotatable bonds is 4. The second-order valence-electron chi connectivity index (χ2n) is 3.64. The molecular weight excluding hydrogens is 250 g/mol. The van der Waals surface area contributed by atoms with Crippen LogP contribution in [0.25, 0.3) is 11.4 Å². The van der Waals surface area contributed by atoms with Crippen molar-refractivity contribution in [3.05, 3.63) is 29.8 Å². The van der Waals surface area contributed by atoms with E-state index in [1.54, 1.807) is 12.4 Å². The van der Waals surface area contributed by atoms with Crippen LogP contribution in [-0.4, -0.2) is 33.0 Å². The third-order valence-corrected chi connectivity index (χ3v) is 2.75. The normalized spacial score (nSPS) is 10.4. The summed E-state index contributed by atoms with van der Waals surface area (Å²) in [5.41, 5.74) is 0.878. The minimum absolute atomic E-state index is 0.207. The van der Waals surface area contributed by atoms with Crippen LogP contribution >= 0.6 is 11.6 Å². The van der Waals surface area contributed by atoms with E-state index in [1.807, 2.05) is 30.9 Å². The number of hydrogen-bond donors (Lipinski definition) is 0. The van der Waals surface area contributed by atoms with Crippen molar-refractivity contribution in [3.63, 3.8) is 0 Å². The van der Waals surface area contributed by atoms with Crippen molar-refractivity contribution >= 4 is 17.5 Å². The fraction of sp³-hybridized carbons (Fsp3) is 0.333. The van der Waals surface area contributed by atoms with Crippen LogP contribution in [0.15, 0.2) is 24.5 Å². The van der Waals surface area contributed by atoms with Crippen LogP contribution in [0.3, 0.4) is 0 Å². The van der Waals surface area contributed by atoms with Gasteiger partial charge < -0.3 is 4.90 Å². The van der Waals surface area contributed by atoms with E-state index in [4.69, 9.17) is 11.6 Å². The van der Waals surface area contributed by atoms with Gasteiger partial charge in [-0.25, -0.2) is 0 Å². The second kappa shape index (κ2) is 5.73. The van der Waals surface area contributed by atoms with Gasteiger partial charge in [-0.05, 0) is 37.6 Å². The fourth-order valence-electron chi connectivity index (χ4n) is 1.62. The third kappa shape index (κ3) is 2.73. The van der Waals surface area contributed by atoms with Gasteiger partial charge in [0.25, 0.3) is 0 Å². The highest BCUT2D eigenvalue weighted by atomic mass is 35.5. The maximum atomic E-state index is 5.95. The van der Waals surface area contributed by atoms with Gasteiger partial charge in [-0.1, -0.05) is 0 Å². The molecule has 0 spiro atoms. The summed E-state index contributed by atoms with van der Waals surface area (Å²) in [6.07, 6.45) is 3.40. The van der Waals surface area contributed by atoms with Crippen molar-refractivity contribution in [1.82, 2.24) is 19.9 Å². The Kier molecular flexibility index (Phi) is 4.04. The first-order valence-electron chi connectivity index (χ1n) is 5.81. The molecule has 0 radical (unpaired) electrons. The number of hydrogen-bond acceptors (Lipinski definition) is 5. The van der Waals surface area contributed by atoms with Gasteiger partial charge in [0.05, 0.1) is 0 Å². The minimum Gasteiger partial charge on any atom is -0.341 e. The molecule has 5 nitrogen and oxygen atoms in total. The van der Waals surface area contributed by atoms with Gasteiger partial charge in [0.2, 0.25) is 11.2 Å². The summed E-state index contributed by atoms with van der Waals surface area (Å²) in [6, 6.07) is 3.69. The number of pyridine rings is 1. The molecule has 0 saturated heterocycles. The van der Waals surface area contributed by atoms with Crippen LogP contribution in [0.1, 0.15) is 13.8 Å². The molecule has 0 aromatic carbocycles. The Bertz CT molecular complexity index is 513. The van der Waals surface area contributed by atoms with Crippen LogP contribution in [-0.2, 0) is 0 Å². The number of nitrogens with zero attached hydrogens (tertiary/aromatic N) is 5. The lowest BCUT2D eigenvalue weighted by Gasteiger charge is -2.18. The fourth-order valence-corrected chi connectivity index (χ4v) is 1.77. The summed E-state index contributed by atoms with van der Waals surface area (Å²) in [7, 11) is 0. The summed E-state index contributed by atoms with van der Waals surface area (Å²) in [4.78, 5) is 18.7. The molecule has 94 valence electrons. The molecule has 6 heteroatoms. The van der Waals surface area contributed by atoms with Crippen LogP contribution < -0.4 is 4.90 Å². The number of aromatic nitrogens is 4. The monoisotopic (exact) mass is 263 g/mol. The molecule has 0 amide bonds. The van der Waals surface area contributed by atoms with Crippen LogP contribution in [0.2, 0.25) is 5.28 Å². The molecule has 0 aliphatic rings. The van der Waals surface area contributed by atoms with Crippen molar-refractivity contribution in [3.8, 4) is 11.4 Å². The summed E-state index contributed by atoms with van der Waals surface area (Å²) >= 11 is 5.95. The van der Waals surface area contributed by atoms with E-state index in [0.717, 1.165) is 18.7 Å². The van der Waals surface area contributed by atoms with Crippen LogP contribution in [0.4, 0.5) is 5.95 Å². The molecule has 0 aliphatic carbocycles. The van der Waals surface area contributed by atoms with Crippen LogP contribution in [0, 0.1) is 0 Å². The molecule has 0 atom stereocenters. The van der Waals surface area contributed by atoms with E-state index in [2.05, 4.69) is 19.9 Å². The predicted molar refractivity (Wildman–Crippen MR) is 71.6 cm³/mol. The highest BCUT2D eigenvalue weighted by Crippen LogP contribution is 2.18. The lowest BCUT2D eigenvalue weighted by Crippen LogP contribution is -2.24. The average molecular weight is 264 g/mol. The quantitative estimate of drug-likeness (QED) is 0.848. The molecule has 0 fully saturated rings. The zero-order valence-electron chi connectivity index (χ0n) is 10.3. The molecule has 0 N–H and O–H groups in total. The number of anilines is 1. The summed E-state index contributed by atoms with van der Waals surface area (Å²) < 4.78 is 0. The Labute approximate surface area is 111 Å². The molecule has 0 bridgehead atoms. The van der Waals surface area contributed by atoms with E-state index >= 15 is 0 Å². The van der Waals surface area contributed by atoms with Crippen molar-refractivity contribution in [2.45, 2.75) is 13.8 Å². The molecule has 18 heavy (non-hydrogen) atoms. The topological polar surface area (TPSA) is 54.8 Å². The molecule has 2 aromatic heterocycles. The van der Waals surface area contributed by atoms with Crippen LogP contribution in [0.5, 0.6) is 0 Å². The maximum absolute atomic E-state index is 5.95. The molecular formula is C12H14ClN5. The van der Waals surface area contributed by atoms with Crippen molar-refractivity contribution in [1.29, 1.82) is 0 Å². The van der Waals surface area contributed by atoms with Gasteiger partial charge in [0.15, 0.2) is 5.82 Å². The van der Waals surface area contributed by atoms with E-state index in [9.17, 15) is 0 Å². The summed E-state index contributed by atoms with van der Waals surface area (Å²) in [5, 5.41) is 0.207. The van der Waals surface area contributed by atoms with Gasteiger partial charge in [0.1, 0.15) is 0 Å². The lowest BCUT2D eigenvalue weighted by atomic mass is 10.2. The Morgan fingerprint density at radius 3 is 2.33 bits per heavy atom. The molecule has 2 aromatic rings. The van der Waals surface area contributed by atoms with Crippen molar-refractivity contribution in [2.24, 2.45) is 0 Å². The van der Waals surface area contributed by atoms with E-state index in [0.29, 0.717) is 11.8 Å². The minimum atomic E-state index is 0.207. The molecule has 0 aliphatic heterocycles. The Balaban J connectivity index is 2.44. The summed E-state index contributed by atoms with van der Waals surface area (Å²) in [6.45, 7) is 5.75. The average Bonchev–Trinajstić information content (AvgIpc) is 2.40. The highest BCUT2D eigenvalue weighted by molar-refractivity contribution is 6.28.